The number of furan rings is 2. The van der Waals surface area contributed by atoms with E-state index in [4.69, 9.17) is 23.8 Å². The van der Waals surface area contributed by atoms with Gasteiger partial charge in [0.25, 0.3) is 0 Å². The Balaban J connectivity index is 1.07. The number of nitrogens with zero attached hydrogens (tertiary/aromatic N) is 4. The monoisotopic (exact) mass is 860 g/mol. The van der Waals surface area contributed by atoms with E-state index in [2.05, 4.69) is 168 Å². The summed E-state index contributed by atoms with van der Waals surface area (Å²) < 4.78 is 17.9. The summed E-state index contributed by atoms with van der Waals surface area (Å²) in [5.41, 5.74) is 8.88. The van der Waals surface area contributed by atoms with Crippen molar-refractivity contribution in [1.82, 2.24) is 19.5 Å². The Morgan fingerprint density at radius 1 is 0.348 bits per heavy atom. The highest BCUT2D eigenvalue weighted by atomic mass is 32.1. The third-order valence-corrected chi connectivity index (χ3v) is 14.5. The first kappa shape index (κ1) is 35.8. The second-order valence-corrected chi connectivity index (χ2v) is 18.2. The molecule has 0 N–H and O–H groups in total. The molecule has 0 aliphatic carbocycles. The van der Waals surface area contributed by atoms with E-state index < -0.39 is 0 Å². The van der Waals surface area contributed by atoms with E-state index in [1.165, 1.54) is 41.7 Å². The van der Waals surface area contributed by atoms with Crippen LogP contribution in [0.15, 0.2) is 203 Å². The van der Waals surface area contributed by atoms with Crippen LogP contribution in [0.1, 0.15) is 0 Å². The van der Waals surface area contributed by atoms with Crippen molar-refractivity contribution in [3.63, 3.8) is 0 Å². The van der Waals surface area contributed by atoms with Crippen molar-refractivity contribution in [2.45, 2.75) is 0 Å². The quantitative estimate of drug-likeness (QED) is 0.176. The Kier molecular flexibility index (Phi) is 7.28. The lowest BCUT2D eigenvalue weighted by Gasteiger charge is -2.16. The SMILES string of the molecule is c1ccc2cc3c(cc2c1)c1cc2ccccc2cc1n3-c1ccc2oc3ccccc3c2c1-c1nc(-c2ccc3c(c2)oc2ccccc23)nc(-c2ccc3c(c2)sc2ccccc23)n1. The van der Waals surface area contributed by atoms with E-state index in [0.717, 1.165) is 88.1 Å². The van der Waals surface area contributed by atoms with Gasteiger partial charge < -0.3 is 13.4 Å². The standard InChI is InChI=1S/C59H32N4O2S/c1-3-13-35-29-47-44(27-33(35)11-1)45-28-34-12-2-4-14-36(34)30-48(45)63(47)46-25-26-51-55(43-17-6-9-19-50(43)64-51)56(46)59-61-57(37-21-23-40-39-15-5-8-18-49(39)65-52(40)31-37)60-58(62-59)38-22-24-42-41-16-7-10-20-53(41)66-54(42)32-38/h1-32H. The van der Waals surface area contributed by atoms with Crippen molar-refractivity contribution < 1.29 is 8.83 Å². The van der Waals surface area contributed by atoms with Gasteiger partial charge in [-0.1, -0.05) is 121 Å². The number of thiophene rings is 1. The first-order valence-electron chi connectivity index (χ1n) is 22.1. The highest BCUT2D eigenvalue weighted by Gasteiger charge is 2.25. The van der Waals surface area contributed by atoms with Gasteiger partial charge in [0.15, 0.2) is 17.5 Å². The van der Waals surface area contributed by atoms with E-state index in [-0.39, 0.29) is 0 Å². The van der Waals surface area contributed by atoms with Gasteiger partial charge in [-0.05, 0) is 94.3 Å². The van der Waals surface area contributed by atoms with Crippen LogP contribution in [0.2, 0.25) is 0 Å². The lowest BCUT2D eigenvalue weighted by molar-refractivity contribution is 0.668. The number of fused-ring (bicyclic) bond motifs is 14. The van der Waals surface area contributed by atoms with Crippen molar-refractivity contribution in [2.75, 3.05) is 0 Å². The fourth-order valence-corrected chi connectivity index (χ4v) is 11.5. The molecule has 0 radical (unpaired) electrons. The van der Waals surface area contributed by atoms with Gasteiger partial charge >= 0.3 is 0 Å². The van der Waals surface area contributed by atoms with E-state index in [1.807, 2.05) is 30.3 Å². The Labute approximate surface area is 379 Å². The van der Waals surface area contributed by atoms with E-state index in [0.29, 0.717) is 17.5 Å². The van der Waals surface area contributed by atoms with Crippen molar-refractivity contribution in [3.8, 4) is 39.9 Å². The van der Waals surface area contributed by atoms with Crippen molar-refractivity contribution >= 4 is 119 Å². The number of aromatic nitrogens is 4. The molecule has 7 heteroatoms. The third kappa shape index (κ3) is 5.20. The minimum Gasteiger partial charge on any atom is -0.456 e. The van der Waals surface area contributed by atoms with Gasteiger partial charge in [-0.3, -0.25) is 0 Å². The largest absolute Gasteiger partial charge is 0.456 e. The number of benzene rings is 10. The van der Waals surface area contributed by atoms with Crippen molar-refractivity contribution in [1.29, 1.82) is 0 Å². The highest BCUT2D eigenvalue weighted by molar-refractivity contribution is 7.25. The minimum absolute atomic E-state index is 0.542. The molecule has 66 heavy (non-hydrogen) atoms. The fourth-order valence-electron chi connectivity index (χ4n) is 10.3. The van der Waals surface area contributed by atoms with Gasteiger partial charge in [0.05, 0.1) is 22.3 Å². The molecule has 0 atom stereocenters. The lowest BCUT2D eigenvalue weighted by atomic mass is 10.0. The van der Waals surface area contributed by atoms with Crippen LogP contribution < -0.4 is 0 Å². The van der Waals surface area contributed by atoms with Crippen LogP contribution in [0.4, 0.5) is 0 Å². The van der Waals surface area contributed by atoms with E-state index >= 15 is 0 Å². The lowest BCUT2D eigenvalue weighted by Crippen LogP contribution is -2.04. The molecule has 306 valence electrons. The summed E-state index contributed by atoms with van der Waals surface area (Å²) in [5, 5.41) is 13.6. The average molecular weight is 861 g/mol. The molecule has 0 spiro atoms. The van der Waals surface area contributed by atoms with E-state index in [9.17, 15) is 0 Å². The molecule has 0 bridgehead atoms. The van der Waals surface area contributed by atoms with Crippen LogP contribution in [-0.4, -0.2) is 19.5 Å². The Morgan fingerprint density at radius 2 is 0.864 bits per heavy atom. The number of hydrogen-bond donors (Lipinski definition) is 0. The average Bonchev–Trinajstić information content (AvgIpc) is 4.13. The maximum atomic E-state index is 6.67. The molecule has 6 nitrogen and oxygen atoms in total. The molecular weight excluding hydrogens is 829 g/mol. The van der Waals surface area contributed by atoms with Gasteiger partial charge in [0, 0.05) is 63.6 Å². The predicted molar refractivity (Wildman–Crippen MR) is 273 cm³/mol. The van der Waals surface area contributed by atoms with Crippen molar-refractivity contribution in [2.24, 2.45) is 0 Å². The molecule has 15 aromatic rings. The molecule has 0 unspecified atom stereocenters. The van der Waals surface area contributed by atoms with Crippen molar-refractivity contribution in [3.05, 3.63) is 194 Å². The Morgan fingerprint density at radius 3 is 1.58 bits per heavy atom. The highest BCUT2D eigenvalue weighted by Crippen LogP contribution is 2.45. The predicted octanol–water partition coefficient (Wildman–Crippen LogP) is 16.4. The Bertz CT molecular complexity index is 4330. The molecule has 5 aromatic heterocycles. The maximum absolute atomic E-state index is 6.67. The van der Waals surface area contributed by atoms with Gasteiger partial charge in [-0.25, -0.2) is 15.0 Å². The normalized spacial score (nSPS) is 12.2. The molecule has 0 saturated heterocycles. The summed E-state index contributed by atoms with van der Waals surface area (Å²) in [4.78, 5) is 16.4. The van der Waals surface area contributed by atoms with E-state index in [1.54, 1.807) is 11.3 Å². The molecule has 0 aliphatic rings. The van der Waals surface area contributed by atoms with Crippen LogP contribution in [0, 0.1) is 0 Å². The molecule has 5 heterocycles. The zero-order valence-electron chi connectivity index (χ0n) is 35.0. The maximum Gasteiger partial charge on any atom is 0.166 e. The Hall–Kier alpha value is -8.65. The van der Waals surface area contributed by atoms with Crippen LogP contribution in [0.25, 0.3) is 147 Å². The fraction of sp³-hybridized carbons (Fsp3) is 0. The summed E-state index contributed by atoms with van der Waals surface area (Å²) >= 11 is 1.78. The molecule has 0 aliphatic heterocycles. The number of para-hydroxylation sites is 2. The van der Waals surface area contributed by atoms with Crippen LogP contribution in [-0.2, 0) is 0 Å². The zero-order chi connectivity index (χ0) is 43.0. The van der Waals surface area contributed by atoms with Gasteiger partial charge in [0.1, 0.15) is 22.3 Å². The van der Waals surface area contributed by atoms with Gasteiger partial charge in [-0.15, -0.1) is 11.3 Å². The minimum atomic E-state index is 0.542. The van der Waals surface area contributed by atoms with Gasteiger partial charge in [0.2, 0.25) is 0 Å². The summed E-state index contributed by atoms with van der Waals surface area (Å²) in [6.45, 7) is 0. The topological polar surface area (TPSA) is 69.9 Å². The molecule has 0 saturated carbocycles. The molecule has 15 rings (SSSR count). The summed E-state index contributed by atoms with van der Waals surface area (Å²) in [7, 11) is 0. The second kappa shape index (κ2) is 13.4. The molecule has 10 aromatic carbocycles. The third-order valence-electron chi connectivity index (χ3n) is 13.4. The zero-order valence-corrected chi connectivity index (χ0v) is 35.8. The smallest absolute Gasteiger partial charge is 0.166 e. The first-order chi connectivity index (χ1) is 32.7. The van der Waals surface area contributed by atoms with Crippen LogP contribution in [0.5, 0.6) is 0 Å². The van der Waals surface area contributed by atoms with Gasteiger partial charge in [-0.2, -0.15) is 0 Å². The second-order valence-electron chi connectivity index (χ2n) is 17.1. The number of rotatable bonds is 4. The summed E-state index contributed by atoms with van der Waals surface area (Å²) in [5.74, 6) is 1.66. The first-order valence-corrected chi connectivity index (χ1v) is 22.9. The number of hydrogen-bond acceptors (Lipinski definition) is 6. The molecular formula is C59H32N4O2S. The summed E-state index contributed by atoms with van der Waals surface area (Å²) in [6, 6.07) is 68.6. The molecule has 0 amide bonds. The summed E-state index contributed by atoms with van der Waals surface area (Å²) in [6.07, 6.45) is 0. The molecule has 0 fully saturated rings. The van der Waals surface area contributed by atoms with Crippen LogP contribution in [0.3, 0.4) is 0 Å². The van der Waals surface area contributed by atoms with Crippen LogP contribution >= 0.6 is 11.3 Å².